The number of halogens is 1. The molecule has 0 saturated carbocycles. The van der Waals surface area contributed by atoms with Crippen molar-refractivity contribution in [3.63, 3.8) is 0 Å². The van der Waals surface area contributed by atoms with Gasteiger partial charge in [-0.25, -0.2) is 4.39 Å². The van der Waals surface area contributed by atoms with Crippen molar-refractivity contribution >= 4 is 5.69 Å². The van der Waals surface area contributed by atoms with E-state index in [1.807, 2.05) is 33.8 Å². The molecule has 0 aromatic heterocycles. The lowest BCUT2D eigenvalue weighted by Gasteiger charge is -2.17. The average molecular weight is 225 g/mol. The zero-order chi connectivity index (χ0) is 12.1. The molecule has 1 aromatic rings. The Morgan fingerprint density at radius 2 is 2.00 bits per heavy atom. The summed E-state index contributed by atoms with van der Waals surface area (Å²) in [6, 6.07) is 5.17. The van der Waals surface area contributed by atoms with E-state index in [4.69, 9.17) is 4.74 Å². The van der Waals surface area contributed by atoms with Crippen molar-refractivity contribution in [2.45, 2.75) is 39.9 Å². The second-order valence-electron chi connectivity index (χ2n) is 4.36. The minimum atomic E-state index is -0.211. The van der Waals surface area contributed by atoms with Crippen LogP contribution in [0.1, 0.15) is 26.3 Å². The van der Waals surface area contributed by atoms with Crippen molar-refractivity contribution in [2.75, 3.05) is 11.9 Å². The Hall–Kier alpha value is -1.09. The number of hydrogen-bond acceptors (Lipinski definition) is 2. The Balaban J connectivity index is 2.48. The van der Waals surface area contributed by atoms with Gasteiger partial charge in [-0.15, -0.1) is 0 Å². The molecule has 0 radical (unpaired) electrons. The Kier molecular flexibility index (Phi) is 4.74. The Morgan fingerprint density at radius 1 is 1.31 bits per heavy atom. The molecule has 0 spiro atoms. The molecule has 2 nitrogen and oxygen atoms in total. The van der Waals surface area contributed by atoms with E-state index in [2.05, 4.69) is 5.32 Å². The molecular formula is C13H20FNO. The molecule has 0 bridgehead atoms. The third-order valence-corrected chi connectivity index (χ3v) is 2.21. The van der Waals surface area contributed by atoms with Crippen LogP contribution in [0.2, 0.25) is 0 Å². The van der Waals surface area contributed by atoms with E-state index in [1.54, 1.807) is 6.07 Å². The van der Waals surface area contributed by atoms with Crippen molar-refractivity contribution in [1.82, 2.24) is 0 Å². The van der Waals surface area contributed by atoms with Crippen LogP contribution in [-0.2, 0) is 4.74 Å². The predicted octanol–water partition coefficient (Wildman–Crippen LogP) is 3.36. The SMILES string of the molecule is Cc1ccc(NCC(C)OC(C)C)c(F)c1. The molecule has 1 N–H and O–H groups in total. The first kappa shape index (κ1) is 13.0. The highest BCUT2D eigenvalue weighted by Crippen LogP contribution is 2.15. The smallest absolute Gasteiger partial charge is 0.146 e. The molecule has 1 atom stereocenters. The molecule has 16 heavy (non-hydrogen) atoms. The summed E-state index contributed by atoms with van der Waals surface area (Å²) in [6.45, 7) is 8.43. The van der Waals surface area contributed by atoms with Gasteiger partial charge in [0.25, 0.3) is 0 Å². The summed E-state index contributed by atoms with van der Waals surface area (Å²) in [4.78, 5) is 0. The molecular weight excluding hydrogens is 205 g/mol. The number of benzene rings is 1. The topological polar surface area (TPSA) is 21.3 Å². The van der Waals surface area contributed by atoms with Crippen molar-refractivity contribution in [3.8, 4) is 0 Å². The largest absolute Gasteiger partial charge is 0.380 e. The number of aryl methyl sites for hydroxylation is 1. The first-order chi connectivity index (χ1) is 7.49. The van der Waals surface area contributed by atoms with Crippen LogP contribution in [0.25, 0.3) is 0 Å². The van der Waals surface area contributed by atoms with Gasteiger partial charge in [0.05, 0.1) is 17.9 Å². The highest BCUT2D eigenvalue weighted by atomic mass is 19.1. The monoisotopic (exact) mass is 225 g/mol. The fourth-order valence-electron chi connectivity index (χ4n) is 1.53. The zero-order valence-electron chi connectivity index (χ0n) is 10.4. The fourth-order valence-corrected chi connectivity index (χ4v) is 1.53. The van der Waals surface area contributed by atoms with Crippen LogP contribution in [0.15, 0.2) is 18.2 Å². The van der Waals surface area contributed by atoms with E-state index in [0.717, 1.165) is 5.56 Å². The summed E-state index contributed by atoms with van der Waals surface area (Å²) in [6.07, 6.45) is 0.264. The molecule has 0 heterocycles. The summed E-state index contributed by atoms with van der Waals surface area (Å²) in [7, 11) is 0. The molecule has 0 amide bonds. The van der Waals surface area contributed by atoms with Gasteiger partial charge >= 0.3 is 0 Å². The van der Waals surface area contributed by atoms with Gasteiger partial charge in [-0.05, 0) is 45.4 Å². The minimum absolute atomic E-state index is 0.0701. The predicted molar refractivity (Wildman–Crippen MR) is 65.3 cm³/mol. The van der Waals surface area contributed by atoms with Gasteiger partial charge in [-0.2, -0.15) is 0 Å². The molecule has 0 aliphatic heterocycles. The second-order valence-corrected chi connectivity index (χ2v) is 4.36. The zero-order valence-corrected chi connectivity index (χ0v) is 10.4. The van der Waals surface area contributed by atoms with Crippen molar-refractivity contribution in [1.29, 1.82) is 0 Å². The van der Waals surface area contributed by atoms with Gasteiger partial charge in [0.2, 0.25) is 0 Å². The van der Waals surface area contributed by atoms with E-state index in [0.29, 0.717) is 12.2 Å². The lowest BCUT2D eigenvalue weighted by molar-refractivity contribution is 0.0266. The summed E-state index contributed by atoms with van der Waals surface area (Å²) >= 11 is 0. The molecule has 3 heteroatoms. The van der Waals surface area contributed by atoms with Crippen LogP contribution in [-0.4, -0.2) is 18.8 Å². The van der Waals surface area contributed by atoms with Crippen LogP contribution in [0.3, 0.4) is 0 Å². The van der Waals surface area contributed by atoms with Gasteiger partial charge in [-0.1, -0.05) is 6.07 Å². The van der Waals surface area contributed by atoms with Crippen molar-refractivity contribution in [3.05, 3.63) is 29.6 Å². The van der Waals surface area contributed by atoms with Crippen LogP contribution in [0.4, 0.5) is 10.1 Å². The molecule has 1 unspecified atom stereocenters. The molecule has 1 aromatic carbocycles. The maximum Gasteiger partial charge on any atom is 0.146 e. The number of ether oxygens (including phenoxy) is 1. The Morgan fingerprint density at radius 3 is 2.56 bits per heavy atom. The molecule has 0 saturated heterocycles. The normalized spacial score (nSPS) is 12.9. The van der Waals surface area contributed by atoms with Crippen molar-refractivity contribution in [2.24, 2.45) is 0 Å². The Labute approximate surface area is 96.8 Å². The Bertz CT molecular complexity index is 339. The van der Waals surface area contributed by atoms with Crippen LogP contribution < -0.4 is 5.32 Å². The van der Waals surface area contributed by atoms with Gasteiger partial charge in [0.15, 0.2) is 0 Å². The molecule has 0 fully saturated rings. The van der Waals surface area contributed by atoms with Crippen LogP contribution >= 0.6 is 0 Å². The highest BCUT2D eigenvalue weighted by molar-refractivity contribution is 5.46. The third kappa shape index (κ3) is 4.19. The van der Waals surface area contributed by atoms with E-state index in [1.165, 1.54) is 6.07 Å². The van der Waals surface area contributed by atoms with Crippen LogP contribution in [0.5, 0.6) is 0 Å². The number of nitrogens with one attached hydrogen (secondary N) is 1. The quantitative estimate of drug-likeness (QED) is 0.829. The maximum atomic E-state index is 13.5. The summed E-state index contributed by atoms with van der Waals surface area (Å²) in [5.41, 5.74) is 1.46. The van der Waals surface area contributed by atoms with Gasteiger partial charge in [0.1, 0.15) is 5.82 Å². The fraction of sp³-hybridized carbons (Fsp3) is 0.538. The highest BCUT2D eigenvalue weighted by Gasteiger charge is 2.06. The summed E-state index contributed by atoms with van der Waals surface area (Å²) < 4.78 is 19.0. The first-order valence-electron chi connectivity index (χ1n) is 5.64. The van der Waals surface area contributed by atoms with E-state index < -0.39 is 0 Å². The molecule has 1 rings (SSSR count). The molecule has 0 aliphatic carbocycles. The maximum absolute atomic E-state index is 13.5. The number of hydrogen-bond donors (Lipinski definition) is 1. The standard InChI is InChI=1S/C13H20FNO/c1-9(2)16-11(4)8-15-13-6-5-10(3)7-12(13)14/h5-7,9,11,15H,8H2,1-4H3. The lowest BCUT2D eigenvalue weighted by atomic mass is 10.2. The third-order valence-electron chi connectivity index (χ3n) is 2.21. The van der Waals surface area contributed by atoms with Crippen molar-refractivity contribution < 1.29 is 9.13 Å². The van der Waals surface area contributed by atoms with Gasteiger partial charge in [-0.3, -0.25) is 0 Å². The number of anilines is 1. The average Bonchev–Trinajstić information content (AvgIpc) is 2.15. The van der Waals surface area contributed by atoms with Gasteiger partial charge in [0, 0.05) is 6.54 Å². The molecule has 90 valence electrons. The van der Waals surface area contributed by atoms with E-state index in [-0.39, 0.29) is 18.0 Å². The summed E-state index contributed by atoms with van der Waals surface area (Å²) in [5, 5.41) is 3.05. The minimum Gasteiger partial charge on any atom is -0.380 e. The van der Waals surface area contributed by atoms with E-state index >= 15 is 0 Å². The van der Waals surface area contributed by atoms with E-state index in [9.17, 15) is 4.39 Å². The molecule has 0 aliphatic rings. The first-order valence-corrected chi connectivity index (χ1v) is 5.64. The van der Waals surface area contributed by atoms with Gasteiger partial charge < -0.3 is 10.1 Å². The lowest BCUT2D eigenvalue weighted by Crippen LogP contribution is -2.23. The summed E-state index contributed by atoms with van der Waals surface area (Å²) in [5.74, 6) is -0.211. The number of rotatable bonds is 5. The van der Waals surface area contributed by atoms with Crippen LogP contribution in [0, 0.1) is 12.7 Å². The second kappa shape index (κ2) is 5.85.